The lowest BCUT2D eigenvalue weighted by molar-refractivity contribution is -0.119. The van der Waals surface area contributed by atoms with Crippen molar-refractivity contribution in [3.05, 3.63) is 40.9 Å². The van der Waals surface area contributed by atoms with Crippen LogP contribution in [0, 0.1) is 0 Å². The summed E-state index contributed by atoms with van der Waals surface area (Å²) in [6.07, 6.45) is 4.99. The summed E-state index contributed by atoms with van der Waals surface area (Å²) < 4.78 is 1.64. The second-order valence-electron chi connectivity index (χ2n) is 3.86. The van der Waals surface area contributed by atoms with Gasteiger partial charge in [-0.3, -0.25) is 9.78 Å². The van der Waals surface area contributed by atoms with Gasteiger partial charge in [-0.25, -0.2) is 4.68 Å². The summed E-state index contributed by atoms with van der Waals surface area (Å²) >= 11 is 6.01. The van der Waals surface area contributed by atoms with Gasteiger partial charge in [0.25, 0.3) is 0 Å². The Bertz CT molecular complexity index is 570. The van der Waals surface area contributed by atoms with Gasteiger partial charge in [0.05, 0.1) is 30.9 Å². The Morgan fingerprint density at radius 2 is 2.37 bits per heavy atom. The molecule has 0 aliphatic carbocycles. The Morgan fingerprint density at radius 3 is 3.11 bits per heavy atom. The van der Waals surface area contributed by atoms with E-state index in [2.05, 4.69) is 20.6 Å². The molecule has 0 radical (unpaired) electrons. The molecule has 19 heavy (non-hydrogen) atoms. The Kier molecular flexibility index (Phi) is 4.43. The van der Waals surface area contributed by atoms with E-state index < -0.39 is 0 Å². The zero-order valence-electron chi connectivity index (χ0n) is 10.1. The number of pyridine rings is 1. The number of halogens is 1. The van der Waals surface area contributed by atoms with Crippen LogP contribution in [0.25, 0.3) is 0 Å². The normalized spacial score (nSPS) is 10.4. The predicted molar refractivity (Wildman–Crippen MR) is 69.3 cm³/mol. The third-order valence-corrected chi connectivity index (χ3v) is 2.77. The van der Waals surface area contributed by atoms with Crippen molar-refractivity contribution in [3.8, 4) is 0 Å². The van der Waals surface area contributed by atoms with Crippen LogP contribution in [0.15, 0.2) is 24.7 Å². The van der Waals surface area contributed by atoms with Crippen molar-refractivity contribution in [2.45, 2.75) is 13.1 Å². The van der Waals surface area contributed by atoms with Gasteiger partial charge in [-0.15, -0.1) is 5.10 Å². The first-order chi connectivity index (χ1) is 9.19. The molecule has 2 heterocycles. The van der Waals surface area contributed by atoms with Crippen molar-refractivity contribution in [2.75, 3.05) is 6.54 Å². The Balaban J connectivity index is 1.98. The molecule has 0 atom stereocenters. The highest BCUT2D eigenvalue weighted by Crippen LogP contribution is 2.14. The third-order valence-electron chi connectivity index (χ3n) is 2.43. The SMILES string of the molecule is NCC(=O)NCc1cn(Cc2ccncc2Cl)nn1. The van der Waals surface area contributed by atoms with Gasteiger partial charge >= 0.3 is 0 Å². The van der Waals surface area contributed by atoms with Crippen LogP contribution < -0.4 is 11.1 Å². The molecule has 100 valence electrons. The maximum atomic E-state index is 11.0. The smallest absolute Gasteiger partial charge is 0.234 e. The molecule has 0 unspecified atom stereocenters. The topological polar surface area (TPSA) is 98.7 Å². The molecule has 0 fully saturated rings. The Morgan fingerprint density at radius 1 is 1.53 bits per heavy atom. The quantitative estimate of drug-likeness (QED) is 0.800. The van der Waals surface area contributed by atoms with E-state index in [1.165, 1.54) is 0 Å². The van der Waals surface area contributed by atoms with Gasteiger partial charge < -0.3 is 11.1 Å². The van der Waals surface area contributed by atoms with Crippen LogP contribution in [0.2, 0.25) is 5.02 Å². The molecule has 2 aromatic rings. The molecule has 0 bridgehead atoms. The monoisotopic (exact) mass is 280 g/mol. The summed E-state index contributed by atoms with van der Waals surface area (Å²) in [5.74, 6) is -0.230. The molecule has 0 aliphatic heterocycles. The Hall–Kier alpha value is -1.99. The van der Waals surface area contributed by atoms with Crippen LogP contribution in [0.5, 0.6) is 0 Å². The number of aromatic nitrogens is 4. The van der Waals surface area contributed by atoms with Crippen LogP contribution >= 0.6 is 11.6 Å². The van der Waals surface area contributed by atoms with Gasteiger partial charge in [0.15, 0.2) is 0 Å². The second kappa shape index (κ2) is 6.26. The van der Waals surface area contributed by atoms with Crippen molar-refractivity contribution in [2.24, 2.45) is 5.73 Å². The van der Waals surface area contributed by atoms with Crippen LogP contribution in [0.1, 0.15) is 11.3 Å². The number of nitrogens with two attached hydrogens (primary N) is 1. The number of hydrogen-bond donors (Lipinski definition) is 2. The second-order valence-corrected chi connectivity index (χ2v) is 4.26. The van der Waals surface area contributed by atoms with E-state index in [0.717, 1.165) is 5.56 Å². The zero-order valence-corrected chi connectivity index (χ0v) is 10.8. The van der Waals surface area contributed by atoms with Crippen molar-refractivity contribution in [3.63, 3.8) is 0 Å². The highest BCUT2D eigenvalue weighted by atomic mass is 35.5. The van der Waals surface area contributed by atoms with E-state index >= 15 is 0 Å². The fraction of sp³-hybridized carbons (Fsp3) is 0.273. The molecule has 7 nitrogen and oxygen atoms in total. The molecule has 0 spiro atoms. The number of amides is 1. The summed E-state index contributed by atoms with van der Waals surface area (Å²) in [6.45, 7) is 0.764. The molecule has 0 saturated carbocycles. The molecule has 8 heteroatoms. The molecule has 2 aromatic heterocycles. The Labute approximate surface area is 114 Å². The van der Waals surface area contributed by atoms with Gasteiger partial charge in [-0.05, 0) is 11.6 Å². The van der Waals surface area contributed by atoms with Gasteiger partial charge in [-0.1, -0.05) is 16.8 Å². The fourth-order valence-electron chi connectivity index (χ4n) is 1.46. The van der Waals surface area contributed by atoms with Crippen LogP contribution in [0.3, 0.4) is 0 Å². The number of rotatable bonds is 5. The lowest BCUT2D eigenvalue weighted by Gasteiger charge is -2.02. The molecule has 3 N–H and O–H groups in total. The number of hydrogen-bond acceptors (Lipinski definition) is 5. The van der Waals surface area contributed by atoms with E-state index in [-0.39, 0.29) is 12.5 Å². The van der Waals surface area contributed by atoms with E-state index in [9.17, 15) is 4.79 Å². The average molecular weight is 281 g/mol. The third kappa shape index (κ3) is 3.73. The largest absolute Gasteiger partial charge is 0.349 e. The molecule has 0 aliphatic rings. The molecule has 2 rings (SSSR count). The highest BCUT2D eigenvalue weighted by Gasteiger charge is 2.05. The fourth-order valence-corrected chi connectivity index (χ4v) is 1.64. The minimum absolute atomic E-state index is 0.0409. The molecule has 1 amide bonds. The van der Waals surface area contributed by atoms with Gasteiger partial charge in [-0.2, -0.15) is 0 Å². The van der Waals surface area contributed by atoms with Crippen LogP contribution in [0.4, 0.5) is 0 Å². The summed E-state index contributed by atoms with van der Waals surface area (Å²) in [5, 5.41) is 11.1. The maximum absolute atomic E-state index is 11.0. The van der Waals surface area contributed by atoms with Gasteiger partial charge in [0, 0.05) is 12.4 Å². The van der Waals surface area contributed by atoms with Crippen molar-refractivity contribution in [1.82, 2.24) is 25.3 Å². The highest BCUT2D eigenvalue weighted by molar-refractivity contribution is 6.31. The van der Waals surface area contributed by atoms with Crippen molar-refractivity contribution >= 4 is 17.5 Å². The first kappa shape index (κ1) is 13.4. The van der Waals surface area contributed by atoms with E-state index in [4.69, 9.17) is 17.3 Å². The molecule has 0 aromatic carbocycles. The van der Waals surface area contributed by atoms with Crippen LogP contribution in [-0.2, 0) is 17.9 Å². The number of carbonyl (C=O) groups excluding carboxylic acids is 1. The summed E-state index contributed by atoms with van der Waals surface area (Å²) in [7, 11) is 0. The van der Waals surface area contributed by atoms with Crippen molar-refractivity contribution < 1.29 is 4.79 Å². The van der Waals surface area contributed by atoms with E-state index in [0.29, 0.717) is 23.8 Å². The average Bonchev–Trinajstić information content (AvgIpc) is 2.86. The first-order valence-electron chi connectivity index (χ1n) is 5.63. The van der Waals surface area contributed by atoms with Gasteiger partial charge in [0.2, 0.25) is 5.91 Å². The van der Waals surface area contributed by atoms with Crippen LogP contribution in [-0.4, -0.2) is 32.4 Å². The zero-order chi connectivity index (χ0) is 13.7. The first-order valence-corrected chi connectivity index (χ1v) is 6.01. The maximum Gasteiger partial charge on any atom is 0.234 e. The number of nitrogens with one attached hydrogen (secondary N) is 1. The van der Waals surface area contributed by atoms with Crippen molar-refractivity contribution in [1.29, 1.82) is 0 Å². The summed E-state index contributed by atoms with van der Waals surface area (Å²) in [5.41, 5.74) is 6.75. The molecular weight excluding hydrogens is 268 g/mol. The van der Waals surface area contributed by atoms with E-state index in [1.54, 1.807) is 23.3 Å². The molecular formula is C11H13ClN6O. The predicted octanol–water partition coefficient (Wildman–Crippen LogP) is -0.0503. The standard InChI is InChI=1S/C11H13ClN6O/c12-10-5-14-2-1-8(10)6-18-7-9(16-17-18)4-15-11(19)3-13/h1-2,5,7H,3-4,6,13H2,(H,15,19). The lowest BCUT2D eigenvalue weighted by atomic mass is 10.3. The minimum atomic E-state index is -0.230. The minimum Gasteiger partial charge on any atom is -0.349 e. The lowest BCUT2D eigenvalue weighted by Crippen LogP contribution is -2.29. The summed E-state index contributed by atoms with van der Waals surface area (Å²) in [4.78, 5) is 14.9. The van der Waals surface area contributed by atoms with Gasteiger partial charge in [0.1, 0.15) is 5.69 Å². The summed E-state index contributed by atoms with van der Waals surface area (Å²) in [6, 6.07) is 1.82. The number of nitrogens with zero attached hydrogens (tertiary/aromatic N) is 4. The number of carbonyl (C=O) groups is 1. The van der Waals surface area contributed by atoms with E-state index in [1.807, 2.05) is 6.07 Å². The molecule has 0 saturated heterocycles.